The summed E-state index contributed by atoms with van der Waals surface area (Å²) >= 11 is 5.83. The standard InChI is InChI=1S/C12H15ClFNO/c1-8(9-4-5-16-7-9)15-12-6-10(13)2-3-11(12)14/h2-3,6,8-9,15H,4-5,7H2,1H3. The Bertz CT molecular complexity index is 366. The summed E-state index contributed by atoms with van der Waals surface area (Å²) in [6, 6.07) is 4.73. The molecule has 2 atom stereocenters. The summed E-state index contributed by atoms with van der Waals surface area (Å²) in [5.41, 5.74) is 0.465. The summed E-state index contributed by atoms with van der Waals surface area (Å²) in [6.07, 6.45) is 1.02. The van der Waals surface area contributed by atoms with E-state index in [2.05, 4.69) is 5.32 Å². The van der Waals surface area contributed by atoms with Crippen molar-refractivity contribution in [2.75, 3.05) is 18.5 Å². The van der Waals surface area contributed by atoms with E-state index in [-0.39, 0.29) is 11.9 Å². The van der Waals surface area contributed by atoms with Gasteiger partial charge in [0, 0.05) is 23.6 Å². The van der Waals surface area contributed by atoms with Crippen LogP contribution in [0.2, 0.25) is 5.02 Å². The molecule has 0 saturated carbocycles. The zero-order valence-corrected chi connectivity index (χ0v) is 9.93. The van der Waals surface area contributed by atoms with Crippen LogP contribution in [-0.2, 0) is 4.74 Å². The molecule has 4 heteroatoms. The Kier molecular flexibility index (Phi) is 3.66. The Labute approximate surface area is 99.7 Å². The molecule has 1 heterocycles. The maximum absolute atomic E-state index is 13.5. The average Bonchev–Trinajstić information content (AvgIpc) is 2.76. The SMILES string of the molecule is CC(Nc1cc(Cl)ccc1F)C1CCOC1. The minimum atomic E-state index is -0.268. The first-order valence-electron chi connectivity index (χ1n) is 5.46. The first-order chi connectivity index (χ1) is 7.66. The first kappa shape index (κ1) is 11.7. The molecule has 2 rings (SSSR count). The molecular formula is C12H15ClFNO. The smallest absolute Gasteiger partial charge is 0.146 e. The zero-order chi connectivity index (χ0) is 11.5. The number of hydrogen-bond acceptors (Lipinski definition) is 2. The molecule has 0 aliphatic carbocycles. The van der Waals surface area contributed by atoms with Crippen molar-refractivity contribution in [1.29, 1.82) is 0 Å². The second kappa shape index (κ2) is 5.02. The zero-order valence-electron chi connectivity index (χ0n) is 9.17. The fourth-order valence-corrected chi connectivity index (χ4v) is 2.09. The highest BCUT2D eigenvalue weighted by Gasteiger charge is 2.22. The van der Waals surface area contributed by atoms with E-state index >= 15 is 0 Å². The molecule has 0 bridgehead atoms. The first-order valence-corrected chi connectivity index (χ1v) is 5.84. The summed E-state index contributed by atoms with van der Waals surface area (Å²) < 4.78 is 18.8. The van der Waals surface area contributed by atoms with Crippen molar-refractivity contribution in [2.24, 2.45) is 5.92 Å². The van der Waals surface area contributed by atoms with Crippen LogP contribution < -0.4 is 5.32 Å². The van der Waals surface area contributed by atoms with Gasteiger partial charge < -0.3 is 10.1 Å². The van der Waals surface area contributed by atoms with E-state index in [1.54, 1.807) is 12.1 Å². The van der Waals surface area contributed by atoms with Gasteiger partial charge in [-0.3, -0.25) is 0 Å². The Balaban J connectivity index is 2.04. The Morgan fingerprint density at radius 3 is 3.06 bits per heavy atom. The van der Waals surface area contributed by atoms with Crippen molar-refractivity contribution >= 4 is 17.3 Å². The van der Waals surface area contributed by atoms with Crippen LogP contribution in [0.4, 0.5) is 10.1 Å². The van der Waals surface area contributed by atoms with Gasteiger partial charge >= 0.3 is 0 Å². The Hall–Kier alpha value is -0.800. The molecule has 2 nitrogen and oxygen atoms in total. The minimum Gasteiger partial charge on any atom is -0.381 e. The van der Waals surface area contributed by atoms with Crippen LogP contribution in [0.5, 0.6) is 0 Å². The molecule has 1 fully saturated rings. The number of rotatable bonds is 3. The molecule has 2 unspecified atom stereocenters. The second-order valence-electron chi connectivity index (χ2n) is 4.18. The fourth-order valence-electron chi connectivity index (χ4n) is 1.92. The van der Waals surface area contributed by atoms with Crippen molar-refractivity contribution in [3.63, 3.8) is 0 Å². The molecule has 1 N–H and O–H groups in total. The van der Waals surface area contributed by atoms with E-state index < -0.39 is 0 Å². The Morgan fingerprint density at radius 2 is 2.38 bits per heavy atom. The van der Waals surface area contributed by atoms with Crippen molar-refractivity contribution in [1.82, 2.24) is 0 Å². The molecule has 0 spiro atoms. The van der Waals surface area contributed by atoms with Gasteiger partial charge in [0.1, 0.15) is 5.82 Å². The molecule has 88 valence electrons. The van der Waals surface area contributed by atoms with Crippen LogP contribution in [0.15, 0.2) is 18.2 Å². The quantitative estimate of drug-likeness (QED) is 0.880. The van der Waals surface area contributed by atoms with Gasteiger partial charge in [-0.05, 0) is 31.5 Å². The number of ether oxygens (including phenoxy) is 1. The van der Waals surface area contributed by atoms with E-state index in [1.807, 2.05) is 6.92 Å². The highest BCUT2D eigenvalue weighted by molar-refractivity contribution is 6.30. The molecular weight excluding hydrogens is 229 g/mol. The van der Waals surface area contributed by atoms with Gasteiger partial charge in [-0.1, -0.05) is 11.6 Å². The number of benzene rings is 1. The maximum Gasteiger partial charge on any atom is 0.146 e. The van der Waals surface area contributed by atoms with Crippen molar-refractivity contribution in [2.45, 2.75) is 19.4 Å². The van der Waals surface area contributed by atoms with Crippen LogP contribution in [0, 0.1) is 11.7 Å². The van der Waals surface area contributed by atoms with Gasteiger partial charge in [-0.25, -0.2) is 4.39 Å². The van der Waals surface area contributed by atoms with E-state index in [0.717, 1.165) is 19.6 Å². The van der Waals surface area contributed by atoms with Crippen LogP contribution in [0.25, 0.3) is 0 Å². The van der Waals surface area contributed by atoms with Crippen molar-refractivity contribution in [3.05, 3.63) is 29.0 Å². The second-order valence-corrected chi connectivity index (χ2v) is 4.62. The van der Waals surface area contributed by atoms with Gasteiger partial charge in [0.05, 0.1) is 12.3 Å². The summed E-state index contributed by atoms with van der Waals surface area (Å²) in [6.45, 7) is 3.59. The van der Waals surface area contributed by atoms with Gasteiger partial charge in [0.25, 0.3) is 0 Å². The lowest BCUT2D eigenvalue weighted by Gasteiger charge is -2.20. The molecule has 1 aliphatic rings. The molecule has 1 aromatic carbocycles. The largest absolute Gasteiger partial charge is 0.381 e. The number of anilines is 1. The molecule has 1 saturated heterocycles. The molecule has 0 radical (unpaired) electrons. The summed E-state index contributed by atoms with van der Waals surface area (Å²) in [5.74, 6) is 0.175. The van der Waals surface area contributed by atoms with E-state index in [0.29, 0.717) is 16.6 Å². The molecule has 0 aromatic heterocycles. The highest BCUT2D eigenvalue weighted by atomic mass is 35.5. The third-order valence-corrected chi connectivity index (χ3v) is 3.22. The summed E-state index contributed by atoms with van der Waals surface area (Å²) in [7, 11) is 0. The third kappa shape index (κ3) is 2.66. The lowest BCUT2D eigenvalue weighted by molar-refractivity contribution is 0.183. The summed E-state index contributed by atoms with van der Waals surface area (Å²) in [4.78, 5) is 0. The van der Waals surface area contributed by atoms with Gasteiger partial charge in [-0.15, -0.1) is 0 Å². The Morgan fingerprint density at radius 1 is 1.56 bits per heavy atom. The predicted octanol–water partition coefficient (Wildman–Crippen LogP) is 3.32. The van der Waals surface area contributed by atoms with Gasteiger partial charge in [0.2, 0.25) is 0 Å². The predicted molar refractivity (Wildman–Crippen MR) is 63.4 cm³/mol. The van der Waals surface area contributed by atoms with Crippen LogP contribution in [0.3, 0.4) is 0 Å². The topological polar surface area (TPSA) is 21.3 Å². The van der Waals surface area contributed by atoms with Gasteiger partial charge in [0.15, 0.2) is 0 Å². The average molecular weight is 244 g/mol. The fraction of sp³-hybridized carbons (Fsp3) is 0.500. The molecule has 16 heavy (non-hydrogen) atoms. The van der Waals surface area contributed by atoms with Crippen molar-refractivity contribution in [3.8, 4) is 0 Å². The third-order valence-electron chi connectivity index (χ3n) is 2.98. The number of hydrogen-bond donors (Lipinski definition) is 1. The number of halogens is 2. The van der Waals surface area contributed by atoms with Crippen LogP contribution >= 0.6 is 11.6 Å². The van der Waals surface area contributed by atoms with Crippen LogP contribution in [0.1, 0.15) is 13.3 Å². The minimum absolute atomic E-state index is 0.190. The normalized spacial score (nSPS) is 22.1. The van der Waals surface area contributed by atoms with E-state index in [9.17, 15) is 4.39 Å². The molecule has 1 aromatic rings. The molecule has 1 aliphatic heterocycles. The monoisotopic (exact) mass is 243 g/mol. The highest BCUT2D eigenvalue weighted by Crippen LogP contribution is 2.24. The molecule has 0 amide bonds. The van der Waals surface area contributed by atoms with Crippen molar-refractivity contribution < 1.29 is 9.13 Å². The van der Waals surface area contributed by atoms with E-state index in [4.69, 9.17) is 16.3 Å². The summed E-state index contributed by atoms with van der Waals surface area (Å²) in [5, 5.41) is 3.69. The lowest BCUT2D eigenvalue weighted by atomic mass is 10.0. The van der Waals surface area contributed by atoms with Crippen LogP contribution in [-0.4, -0.2) is 19.3 Å². The van der Waals surface area contributed by atoms with Gasteiger partial charge in [-0.2, -0.15) is 0 Å². The number of nitrogens with one attached hydrogen (secondary N) is 1. The van der Waals surface area contributed by atoms with E-state index in [1.165, 1.54) is 6.07 Å². The maximum atomic E-state index is 13.5. The lowest BCUT2D eigenvalue weighted by Crippen LogP contribution is -2.26.